The fraction of sp³-hybridized carbons (Fsp3) is 0.129. The normalized spacial score (nSPS) is 15.0. The molecule has 1 atom stereocenters. The predicted octanol–water partition coefficient (Wildman–Crippen LogP) is 4.21. The lowest BCUT2D eigenvalue weighted by atomic mass is 10.1. The number of benzene rings is 3. The van der Waals surface area contributed by atoms with Crippen LogP contribution in [0.15, 0.2) is 91.3 Å². The van der Waals surface area contributed by atoms with E-state index < -0.39 is 11.9 Å². The Bertz CT molecular complexity index is 1900. The zero-order chi connectivity index (χ0) is 27.2. The van der Waals surface area contributed by atoms with Crippen molar-refractivity contribution >= 4 is 39.2 Å². The van der Waals surface area contributed by atoms with E-state index >= 15 is 0 Å². The van der Waals surface area contributed by atoms with Gasteiger partial charge >= 0.3 is 0 Å². The highest BCUT2D eigenvalue weighted by atomic mass is 16.2. The molecule has 40 heavy (non-hydrogen) atoms. The number of carbonyl (C=O) groups is 2. The van der Waals surface area contributed by atoms with Crippen LogP contribution in [0.3, 0.4) is 0 Å². The molecule has 9 heteroatoms. The zero-order valence-corrected chi connectivity index (χ0v) is 21.7. The first-order chi connectivity index (χ1) is 19.6. The molecule has 0 fully saturated rings. The second-order valence-electron chi connectivity index (χ2n) is 9.95. The molecule has 1 aliphatic heterocycles. The minimum Gasteiger partial charge on any atom is -0.337 e. The van der Waals surface area contributed by atoms with Gasteiger partial charge in [-0.05, 0) is 34.7 Å². The number of hydrogen-bond donors (Lipinski definition) is 2. The summed E-state index contributed by atoms with van der Waals surface area (Å²) in [6.07, 6.45) is 4.68. The summed E-state index contributed by atoms with van der Waals surface area (Å²) in [7, 11) is 1.74. The maximum absolute atomic E-state index is 13.5. The lowest BCUT2D eigenvalue weighted by Crippen LogP contribution is -2.48. The Morgan fingerprint density at radius 2 is 1.85 bits per heavy atom. The van der Waals surface area contributed by atoms with Gasteiger partial charge in [0.05, 0.1) is 11.2 Å². The zero-order valence-electron chi connectivity index (χ0n) is 21.7. The number of nitrogens with zero attached hydrogens (tertiary/aromatic N) is 5. The van der Waals surface area contributed by atoms with Crippen LogP contribution in [0.4, 0.5) is 5.69 Å². The summed E-state index contributed by atoms with van der Waals surface area (Å²) in [6.45, 7) is 0. The molecule has 0 spiro atoms. The number of aromatic amines is 1. The van der Waals surface area contributed by atoms with Crippen molar-refractivity contribution in [3.63, 3.8) is 0 Å². The number of hydrogen-bond acceptors (Lipinski definition) is 5. The molecule has 2 amide bonds. The topological polar surface area (TPSA) is 109 Å². The average Bonchev–Trinajstić information content (AvgIpc) is 3.59. The third-order valence-corrected chi connectivity index (χ3v) is 7.44. The van der Waals surface area contributed by atoms with Crippen LogP contribution in [0.2, 0.25) is 0 Å². The highest BCUT2D eigenvalue weighted by Gasteiger charge is 2.33. The predicted molar refractivity (Wildman–Crippen MR) is 153 cm³/mol. The first-order valence-electron chi connectivity index (χ1n) is 13.1. The number of amides is 2. The Morgan fingerprint density at radius 1 is 1.02 bits per heavy atom. The van der Waals surface area contributed by atoms with Crippen LogP contribution < -0.4 is 10.2 Å². The van der Waals surface area contributed by atoms with E-state index in [0.717, 1.165) is 44.3 Å². The summed E-state index contributed by atoms with van der Waals surface area (Å²) in [4.78, 5) is 37.4. The first kappa shape index (κ1) is 23.8. The minimum atomic E-state index is -0.791. The molecule has 0 saturated heterocycles. The van der Waals surface area contributed by atoms with Crippen LogP contribution in [0.1, 0.15) is 27.6 Å². The van der Waals surface area contributed by atoms with Crippen molar-refractivity contribution in [2.45, 2.75) is 18.9 Å². The van der Waals surface area contributed by atoms with E-state index in [2.05, 4.69) is 37.2 Å². The van der Waals surface area contributed by atoms with Gasteiger partial charge in [-0.3, -0.25) is 14.7 Å². The SMILES string of the molecule is CN1C(=O)[C@@H](NC(=O)c2n[nH]c(Cc3ccccc3)n2)Cc2cn(-c3nccc4ccccc34)c3cccc1c23. The van der Waals surface area contributed by atoms with Gasteiger partial charge < -0.3 is 14.8 Å². The molecule has 3 aromatic heterocycles. The Balaban J connectivity index is 1.22. The third kappa shape index (κ3) is 3.99. The molecule has 0 radical (unpaired) electrons. The number of fused-ring (bicyclic) bond motifs is 1. The monoisotopic (exact) mass is 527 g/mol. The number of pyridine rings is 1. The van der Waals surface area contributed by atoms with Crippen molar-refractivity contribution < 1.29 is 9.59 Å². The Morgan fingerprint density at radius 3 is 2.73 bits per heavy atom. The van der Waals surface area contributed by atoms with Gasteiger partial charge in [0.2, 0.25) is 11.7 Å². The fourth-order valence-electron chi connectivity index (χ4n) is 5.51. The molecule has 2 N–H and O–H groups in total. The van der Waals surface area contributed by atoms with Crippen LogP contribution in [-0.4, -0.2) is 49.6 Å². The number of rotatable bonds is 5. The Labute approximate surface area is 229 Å². The highest BCUT2D eigenvalue weighted by Crippen LogP contribution is 2.37. The number of aromatic nitrogens is 5. The van der Waals surface area contributed by atoms with Gasteiger partial charge in [0.25, 0.3) is 5.91 Å². The lowest BCUT2D eigenvalue weighted by Gasteiger charge is -2.22. The quantitative estimate of drug-likeness (QED) is 0.349. The molecule has 0 saturated carbocycles. The number of carbonyl (C=O) groups excluding carboxylic acids is 2. The van der Waals surface area contributed by atoms with Crippen molar-refractivity contribution in [3.05, 3.63) is 114 Å². The van der Waals surface area contributed by atoms with Gasteiger partial charge in [0.15, 0.2) is 0 Å². The van der Waals surface area contributed by atoms with Crippen LogP contribution >= 0.6 is 0 Å². The first-order valence-corrected chi connectivity index (χ1v) is 13.1. The molecule has 7 rings (SSSR count). The molecule has 0 bridgehead atoms. The second kappa shape index (κ2) is 9.46. The molecule has 9 nitrogen and oxygen atoms in total. The fourth-order valence-corrected chi connectivity index (χ4v) is 5.51. The summed E-state index contributed by atoms with van der Waals surface area (Å²) < 4.78 is 2.07. The molecule has 4 heterocycles. The number of anilines is 1. The third-order valence-electron chi connectivity index (χ3n) is 7.44. The second-order valence-corrected chi connectivity index (χ2v) is 9.95. The molecular formula is C31H25N7O2. The van der Waals surface area contributed by atoms with Crippen LogP contribution in [0, 0.1) is 0 Å². The summed E-state index contributed by atoms with van der Waals surface area (Å²) in [6, 6.07) is 25.1. The van der Waals surface area contributed by atoms with E-state index in [1.54, 1.807) is 18.1 Å². The standard InChI is InChI=1S/C31H25N7O2/c1-37-24-12-7-13-25-27(24)21(18-38(25)29-22-11-6-5-10-20(22)14-15-32-29)17-23(31(37)40)33-30(39)28-34-26(35-36-28)16-19-8-3-2-4-9-19/h2-15,18,23H,16-17H2,1H3,(H,33,39)(H,34,35,36)/t23-/m0/s1. The van der Waals surface area contributed by atoms with E-state index in [0.29, 0.717) is 18.7 Å². The minimum absolute atomic E-state index is 0.00539. The van der Waals surface area contributed by atoms with E-state index in [1.807, 2.05) is 72.9 Å². The Hall–Kier alpha value is -5.31. The van der Waals surface area contributed by atoms with Gasteiger partial charge in [-0.15, -0.1) is 5.10 Å². The number of nitrogens with one attached hydrogen (secondary N) is 2. The molecule has 1 aliphatic rings. The molecular weight excluding hydrogens is 502 g/mol. The largest absolute Gasteiger partial charge is 0.337 e. The smallest absolute Gasteiger partial charge is 0.291 e. The van der Waals surface area contributed by atoms with Crippen LogP contribution in [0.5, 0.6) is 0 Å². The highest BCUT2D eigenvalue weighted by molar-refractivity contribution is 6.10. The molecule has 3 aromatic carbocycles. The van der Waals surface area contributed by atoms with E-state index in [4.69, 9.17) is 4.98 Å². The van der Waals surface area contributed by atoms with Gasteiger partial charge in [0, 0.05) is 43.1 Å². The van der Waals surface area contributed by atoms with Crippen LogP contribution in [-0.2, 0) is 17.6 Å². The van der Waals surface area contributed by atoms with Gasteiger partial charge in [-0.25, -0.2) is 9.97 Å². The maximum atomic E-state index is 13.5. The average molecular weight is 528 g/mol. The van der Waals surface area contributed by atoms with Gasteiger partial charge in [-0.1, -0.05) is 60.7 Å². The van der Waals surface area contributed by atoms with E-state index in [9.17, 15) is 9.59 Å². The van der Waals surface area contributed by atoms with E-state index in [-0.39, 0.29) is 11.7 Å². The summed E-state index contributed by atoms with van der Waals surface area (Å²) in [5.41, 5.74) is 3.74. The molecule has 196 valence electrons. The van der Waals surface area contributed by atoms with Crippen molar-refractivity contribution in [2.24, 2.45) is 0 Å². The number of likely N-dealkylation sites (N-methyl/N-ethyl adjacent to an activating group) is 1. The number of H-pyrrole nitrogens is 1. The van der Waals surface area contributed by atoms with Gasteiger partial charge in [0.1, 0.15) is 17.7 Å². The van der Waals surface area contributed by atoms with Crippen LogP contribution in [0.25, 0.3) is 27.5 Å². The maximum Gasteiger partial charge on any atom is 0.291 e. The summed E-state index contributed by atoms with van der Waals surface area (Å²) >= 11 is 0. The lowest BCUT2D eigenvalue weighted by molar-refractivity contribution is -0.120. The molecule has 6 aromatic rings. The van der Waals surface area contributed by atoms with Gasteiger partial charge in [-0.2, -0.15) is 0 Å². The Kier molecular flexibility index (Phi) is 5.62. The van der Waals surface area contributed by atoms with Crippen molar-refractivity contribution in [1.29, 1.82) is 0 Å². The molecule has 0 aliphatic carbocycles. The summed E-state index contributed by atoms with van der Waals surface area (Å²) in [5.74, 6) is 0.695. The van der Waals surface area contributed by atoms with Crippen molar-refractivity contribution in [1.82, 2.24) is 30.0 Å². The van der Waals surface area contributed by atoms with E-state index in [1.165, 1.54) is 0 Å². The van der Waals surface area contributed by atoms with Crippen molar-refractivity contribution in [3.8, 4) is 5.82 Å². The summed E-state index contributed by atoms with van der Waals surface area (Å²) in [5, 5.41) is 12.9. The molecule has 0 unspecified atom stereocenters. The van der Waals surface area contributed by atoms with Crippen molar-refractivity contribution in [2.75, 3.05) is 11.9 Å².